The predicted octanol–water partition coefficient (Wildman–Crippen LogP) is 4.23. The Morgan fingerprint density at radius 2 is 1.96 bits per heavy atom. The fraction of sp³-hybridized carbons (Fsp3) is 0.389. The molecule has 0 atom stereocenters. The molecule has 134 valence electrons. The van der Waals surface area contributed by atoms with Crippen LogP contribution in [0.4, 0.5) is 5.13 Å². The van der Waals surface area contributed by atoms with Crippen molar-refractivity contribution >= 4 is 39.9 Å². The Kier molecular flexibility index (Phi) is 6.96. The summed E-state index contributed by atoms with van der Waals surface area (Å²) in [7, 11) is 0. The molecule has 0 saturated carbocycles. The van der Waals surface area contributed by atoms with E-state index in [4.69, 9.17) is 11.6 Å². The van der Waals surface area contributed by atoms with Gasteiger partial charge in [0, 0.05) is 22.5 Å². The van der Waals surface area contributed by atoms with E-state index in [1.165, 1.54) is 11.3 Å². The second-order valence-corrected chi connectivity index (χ2v) is 7.55. The molecule has 0 unspecified atom stereocenters. The van der Waals surface area contributed by atoms with Gasteiger partial charge in [0.25, 0.3) is 5.91 Å². The predicted molar refractivity (Wildman–Crippen MR) is 102 cm³/mol. The zero-order chi connectivity index (χ0) is 18.4. The van der Waals surface area contributed by atoms with E-state index < -0.39 is 0 Å². The Labute approximate surface area is 157 Å². The Balaban J connectivity index is 2.07. The van der Waals surface area contributed by atoms with Gasteiger partial charge < -0.3 is 10.2 Å². The van der Waals surface area contributed by atoms with E-state index in [9.17, 15) is 9.59 Å². The molecule has 0 aliphatic carbocycles. The number of benzene rings is 1. The Bertz CT molecular complexity index is 728. The third-order valence-electron chi connectivity index (χ3n) is 3.55. The molecule has 5 nitrogen and oxygen atoms in total. The molecule has 2 amide bonds. The number of amides is 2. The lowest BCUT2D eigenvalue weighted by Gasteiger charge is -2.23. The molecule has 2 rings (SSSR count). The molecule has 0 radical (unpaired) electrons. The second-order valence-electron chi connectivity index (χ2n) is 6.26. The summed E-state index contributed by atoms with van der Waals surface area (Å²) in [6.45, 7) is 6.55. The maximum absolute atomic E-state index is 12.8. The molecular formula is C18H22ClN3O2S. The Hall–Kier alpha value is -1.92. The van der Waals surface area contributed by atoms with Gasteiger partial charge in [-0.25, -0.2) is 4.98 Å². The van der Waals surface area contributed by atoms with Crippen molar-refractivity contribution in [3.8, 4) is 0 Å². The van der Waals surface area contributed by atoms with Crippen LogP contribution < -0.4 is 5.32 Å². The fourth-order valence-electron chi connectivity index (χ4n) is 2.19. The van der Waals surface area contributed by atoms with Crippen molar-refractivity contribution in [3.05, 3.63) is 45.9 Å². The molecule has 0 bridgehead atoms. The lowest BCUT2D eigenvalue weighted by Crippen LogP contribution is -2.39. The van der Waals surface area contributed by atoms with Crippen molar-refractivity contribution in [2.24, 2.45) is 5.92 Å². The molecular weight excluding hydrogens is 358 g/mol. The molecule has 0 aliphatic heterocycles. The van der Waals surface area contributed by atoms with E-state index in [-0.39, 0.29) is 18.4 Å². The summed E-state index contributed by atoms with van der Waals surface area (Å²) in [6, 6.07) is 6.70. The molecule has 7 heteroatoms. The minimum absolute atomic E-state index is 0.00714. The van der Waals surface area contributed by atoms with Gasteiger partial charge in [0.05, 0.1) is 5.69 Å². The van der Waals surface area contributed by atoms with E-state index in [1.807, 2.05) is 12.3 Å². The van der Waals surface area contributed by atoms with Crippen LogP contribution in [-0.2, 0) is 4.79 Å². The summed E-state index contributed by atoms with van der Waals surface area (Å²) in [5.74, 6) is 0.00777. The minimum Gasteiger partial charge on any atom is -0.329 e. The Morgan fingerprint density at radius 3 is 2.52 bits per heavy atom. The molecule has 0 fully saturated rings. The highest BCUT2D eigenvalue weighted by atomic mass is 35.5. The third-order valence-corrected chi connectivity index (χ3v) is 4.68. The van der Waals surface area contributed by atoms with Gasteiger partial charge in [-0.15, -0.1) is 11.3 Å². The third kappa shape index (κ3) is 6.14. The van der Waals surface area contributed by atoms with E-state index in [2.05, 4.69) is 24.1 Å². The largest absolute Gasteiger partial charge is 0.329 e. The molecule has 1 aromatic carbocycles. The van der Waals surface area contributed by atoms with Crippen molar-refractivity contribution in [1.82, 2.24) is 9.88 Å². The maximum Gasteiger partial charge on any atom is 0.254 e. The molecule has 1 heterocycles. The van der Waals surface area contributed by atoms with E-state index >= 15 is 0 Å². The number of hydrogen-bond donors (Lipinski definition) is 1. The highest BCUT2D eigenvalue weighted by Gasteiger charge is 2.19. The van der Waals surface area contributed by atoms with Crippen LogP contribution in [0.25, 0.3) is 0 Å². The smallest absolute Gasteiger partial charge is 0.254 e. The molecule has 1 N–H and O–H groups in total. The van der Waals surface area contributed by atoms with Crippen molar-refractivity contribution in [1.29, 1.82) is 0 Å². The summed E-state index contributed by atoms with van der Waals surface area (Å²) in [5, 5.41) is 5.73. The number of thiazole rings is 1. The van der Waals surface area contributed by atoms with Crippen LogP contribution in [0.2, 0.25) is 5.02 Å². The number of halogens is 1. The van der Waals surface area contributed by atoms with Gasteiger partial charge in [-0.2, -0.15) is 0 Å². The van der Waals surface area contributed by atoms with Crippen LogP contribution >= 0.6 is 22.9 Å². The molecule has 2 aromatic rings. The zero-order valence-corrected chi connectivity index (χ0v) is 16.2. The number of aryl methyl sites for hydroxylation is 1. The number of nitrogens with zero attached hydrogens (tertiary/aromatic N) is 2. The van der Waals surface area contributed by atoms with E-state index in [0.717, 1.165) is 12.1 Å². The number of nitrogens with one attached hydrogen (secondary N) is 1. The summed E-state index contributed by atoms with van der Waals surface area (Å²) >= 11 is 7.25. The van der Waals surface area contributed by atoms with Gasteiger partial charge in [0.2, 0.25) is 5.91 Å². The van der Waals surface area contributed by atoms with Crippen LogP contribution in [0.5, 0.6) is 0 Å². The van der Waals surface area contributed by atoms with E-state index in [1.54, 1.807) is 29.2 Å². The average molecular weight is 380 g/mol. The first-order chi connectivity index (χ1) is 11.8. The second kappa shape index (κ2) is 8.97. The van der Waals surface area contributed by atoms with Crippen molar-refractivity contribution in [2.75, 3.05) is 18.4 Å². The minimum atomic E-state index is -0.250. The highest BCUT2D eigenvalue weighted by Crippen LogP contribution is 2.16. The number of carbonyl (C=O) groups is 2. The summed E-state index contributed by atoms with van der Waals surface area (Å²) < 4.78 is 0. The number of hydrogen-bond acceptors (Lipinski definition) is 4. The van der Waals surface area contributed by atoms with Crippen molar-refractivity contribution < 1.29 is 9.59 Å². The number of aromatic nitrogens is 1. The standard InChI is InChI=1S/C18H22ClN3O2S/c1-12(2)8-9-22(17(24)14-4-6-15(19)7-5-14)10-16(23)21-18-20-13(3)11-25-18/h4-7,11-12H,8-10H2,1-3H3,(H,20,21,23). The van der Waals surface area contributed by atoms with Gasteiger partial charge >= 0.3 is 0 Å². The first kappa shape index (κ1) is 19.4. The van der Waals surface area contributed by atoms with Crippen LogP contribution in [0.1, 0.15) is 36.3 Å². The van der Waals surface area contributed by atoms with Crippen LogP contribution in [0.3, 0.4) is 0 Å². The van der Waals surface area contributed by atoms with Crippen molar-refractivity contribution in [2.45, 2.75) is 27.2 Å². The van der Waals surface area contributed by atoms with Gasteiger partial charge in [-0.1, -0.05) is 25.4 Å². The number of rotatable bonds is 7. The van der Waals surface area contributed by atoms with Gasteiger partial charge in [-0.05, 0) is 43.5 Å². The molecule has 25 heavy (non-hydrogen) atoms. The normalized spacial score (nSPS) is 10.8. The lowest BCUT2D eigenvalue weighted by molar-refractivity contribution is -0.116. The molecule has 1 aromatic heterocycles. The number of anilines is 1. The quantitative estimate of drug-likeness (QED) is 0.782. The van der Waals surface area contributed by atoms with Gasteiger partial charge in [0.15, 0.2) is 5.13 Å². The Morgan fingerprint density at radius 1 is 1.28 bits per heavy atom. The zero-order valence-electron chi connectivity index (χ0n) is 14.6. The summed E-state index contributed by atoms with van der Waals surface area (Å²) in [6.07, 6.45) is 0.822. The maximum atomic E-state index is 12.8. The SMILES string of the molecule is Cc1csc(NC(=O)CN(CCC(C)C)C(=O)c2ccc(Cl)cc2)n1. The molecule has 0 aliphatic rings. The van der Waals surface area contributed by atoms with Gasteiger partial charge in [0.1, 0.15) is 6.54 Å². The monoisotopic (exact) mass is 379 g/mol. The van der Waals surface area contributed by atoms with Gasteiger partial charge in [-0.3, -0.25) is 9.59 Å². The van der Waals surface area contributed by atoms with Crippen LogP contribution in [0, 0.1) is 12.8 Å². The topological polar surface area (TPSA) is 62.3 Å². The average Bonchev–Trinajstić information content (AvgIpc) is 2.96. The van der Waals surface area contributed by atoms with E-state index in [0.29, 0.717) is 28.2 Å². The van der Waals surface area contributed by atoms with Crippen molar-refractivity contribution in [3.63, 3.8) is 0 Å². The van der Waals surface area contributed by atoms with Crippen LogP contribution in [0.15, 0.2) is 29.6 Å². The summed E-state index contributed by atoms with van der Waals surface area (Å²) in [5.41, 5.74) is 1.38. The molecule has 0 spiro atoms. The lowest BCUT2D eigenvalue weighted by atomic mass is 10.1. The molecule has 0 saturated heterocycles. The number of carbonyl (C=O) groups excluding carboxylic acids is 2. The first-order valence-corrected chi connectivity index (χ1v) is 9.37. The first-order valence-electron chi connectivity index (χ1n) is 8.12. The fourth-order valence-corrected chi connectivity index (χ4v) is 3.02. The summed E-state index contributed by atoms with van der Waals surface area (Å²) in [4.78, 5) is 30.8. The van der Waals surface area contributed by atoms with Crippen LogP contribution in [-0.4, -0.2) is 34.8 Å². The highest BCUT2D eigenvalue weighted by molar-refractivity contribution is 7.13.